The molecule has 1 aliphatic carbocycles. The van der Waals surface area contributed by atoms with Gasteiger partial charge >= 0.3 is 12.7 Å². The van der Waals surface area contributed by atoms with E-state index in [0.29, 0.717) is 0 Å². The van der Waals surface area contributed by atoms with Gasteiger partial charge in [-0.1, -0.05) is 19.3 Å². The quantitative estimate of drug-likeness (QED) is 0.692. The molecule has 1 saturated carbocycles. The second-order valence-electron chi connectivity index (χ2n) is 3.24. The molecule has 2 N–H and O–H groups in total. The lowest BCUT2D eigenvalue weighted by Gasteiger charge is -2.20. The molecule has 0 radical (unpaired) electrons. The minimum Gasteiger partial charge on any atom is -0.391 e. The number of hydrogen-bond donors (Lipinski definition) is 2. The molecule has 0 spiro atoms. The van der Waals surface area contributed by atoms with Gasteiger partial charge in [0.15, 0.2) is 0 Å². The summed E-state index contributed by atoms with van der Waals surface area (Å²) in [6.45, 7) is -3.80. The third kappa shape index (κ3) is 4.18. The maximum absolute atomic E-state index is 11.2. The van der Waals surface area contributed by atoms with Gasteiger partial charge in [-0.25, -0.2) is 0 Å². The molecule has 1 rings (SSSR count). The highest BCUT2D eigenvalue weighted by Gasteiger charge is 2.26. The first-order valence-electron chi connectivity index (χ1n) is 4.28. The van der Waals surface area contributed by atoms with Gasteiger partial charge in [-0.15, -0.1) is 0 Å². The van der Waals surface area contributed by atoms with Crippen LogP contribution in [0, 0.1) is 5.92 Å². The number of carbonyl (C=O) groups is 1. The highest BCUT2D eigenvalue weighted by Crippen LogP contribution is 2.39. The van der Waals surface area contributed by atoms with Crippen LogP contribution in [0.25, 0.3) is 0 Å². The smallest absolute Gasteiger partial charge is 0.377 e. The van der Waals surface area contributed by atoms with E-state index in [4.69, 9.17) is 9.79 Å². The van der Waals surface area contributed by atoms with Gasteiger partial charge in [0, 0.05) is 11.8 Å². The Morgan fingerprint density at radius 1 is 1.31 bits per heavy atom. The zero-order valence-corrected chi connectivity index (χ0v) is 8.89. The molecular weight excluding hydrogens is 211 g/mol. The van der Waals surface area contributed by atoms with E-state index in [0.717, 1.165) is 32.1 Å². The van der Waals surface area contributed by atoms with Crippen LogP contribution in [0.4, 0.5) is 0 Å². The lowest BCUT2D eigenvalue weighted by atomic mass is 9.90. The van der Waals surface area contributed by atoms with Crippen molar-refractivity contribution >= 4 is 24.5 Å². The summed E-state index contributed by atoms with van der Waals surface area (Å²) in [7, 11) is 0. The van der Waals surface area contributed by atoms with Gasteiger partial charge in [-0.05, 0) is 12.8 Å². The molecule has 0 atom stereocenters. The third-order valence-electron chi connectivity index (χ3n) is 2.15. The summed E-state index contributed by atoms with van der Waals surface area (Å²) in [5, 5.41) is 0. The molecule has 0 aromatic heterocycles. The van der Waals surface area contributed by atoms with E-state index in [2.05, 4.69) is 16.3 Å². The first kappa shape index (κ1) is 11.1. The number of hydrogen-bond acceptors (Lipinski definition) is 3. The largest absolute Gasteiger partial charge is 0.391 e. The summed E-state index contributed by atoms with van der Waals surface area (Å²) < 4.78 is 4.38. The molecule has 4 nitrogen and oxygen atoms in total. The molecule has 0 heterocycles. The van der Waals surface area contributed by atoms with Gasteiger partial charge in [0.25, 0.3) is 0 Å². The normalized spacial score (nSPS) is 19.8. The van der Waals surface area contributed by atoms with Crippen LogP contribution >= 0.6 is 6.72 Å². The number of rotatable bonds is 2. The van der Waals surface area contributed by atoms with E-state index in [9.17, 15) is 4.79 Å². The fourth-order valence-electron chi connectivity index (χ4n) is 1.53. The summed E-state index contributed by atoms with van der Waals surface area (Å²) in [5.41, 5.74) is 0. The van der Waals surface area contributed by atoms with Crippen molar-refractivity contribution < 1.29 is 19.1 Å². The summed E-state index contributed by atoms with van der Waals surface area (Å²) >= 11 is 4.21. The van der Waals surface area contributed by atoms with Crippen molar-refractivity contribution in [1.82, 2.24) is 0 Å². The fourth-order valence-corrected chi connectivity index (χ4v) is 2.13. The van der Waals surface area contributed by atoms with Crippen molar-refractivity contribution in [2.45, 2.75) is 32.1 Å². The highest BCUT2D eigenvalue weighted by atomic mass is 32.5. The molecule has 1 aliphatic rings. The van der Waals surface area contributed by atoms with E-state index >= 15 is 0 Å². The molecule has 76 valence electrons. The van der Waals surface area contributed by atoms with E-state index in [1.165, 1.54) is 0 Å². The summed E-state index contributed by atoms with van der Waals surface area (Å²) in [6, 6.07) is 0. The zero-order valence-electron chi connectivity index (χ0n) is 7.18. The van der Waals surface area contributed by atoms with E-state index in [-0.39, 0.29) is 5.92 Å². The van der Waals surface area contributed by atoms with Crippen LogP contribution in [0.3, 0.4) is 0 Å². The van der Waals surface area contributed by atoms with Crippen molar-refractivity contribution in [3.05, 3.63) is 0 Å². The van der Waals surface area contributed by atoms with Crippen LogP contribution in [0.5, 0.6) is 0 Å². The average molecular weight is 224 g/mol. The van der Waals surface area contributed by atoms with Crippen LogP contribution in [-0.4, -0.2) is 15.8 Å². The molecule has 0 saturated heterocycles. The predicted octanol–water partition coefficient (Wildman–Crippen LogP) is 1.32. The lowest BCUT2D eigenvalue weighted by molar-refractivity contribution is -0.140. The lowest BCUT2D eigenvalue weighted by Crippen LogP contribution is -2.19. The third-order valence-corrected chi connectivity index (χ3v) is 2.79. The second kappa shape index (κ2) is 4.51. The van der Waals surface area contributed by atoms with Gasteiger partial charge in [0.05, 0.1) is 5.92 Å². The maximum atomic E-state index is 11.2. The van der Waals surface area contributed by atoms with E-state index in [1.54, 1.807) is 0 Å². The minimum absolute atomic E-state index is 0.185. The molecule has 13 heavy (non-hydrogen) atoms. The van der Waals surface area contributed by atoms with Gasteiger partial charge < -0.3 is 14.3 Å². The summed E-state index contributed by atoms with van der Waals surface area (Å²) in [4.78, 5) is 28.7. The molecular formula is C7H13O4PS. The Balaban J connectivity index is 2.42. The van der Waals surface area contributed by atoms with E-state index < -0.39 is 12.7 Å². The SMILES string of the molecule is O=C(OP(O)(O)=S)C1CCCCC1. The van der Waals surface area contributed by atoms with Crippen LogP contribution in [0.2, 0.25) is 0 Å². The Kier molecular flexibility index (Phi) is 3.86. The molecule has 6 heteroatoms. The molecule has 0 aromatic carbocycles. The Hall–Kier alpha value is 0.0400. The topological polar surface area (TPSA) is 66.8 Å². The predicted molar refractivity (Wildman–Crippen MR) is 51.4 cm³/mol. The standard InChI is InChI=1S/C7H13O4PS/c8-7(11-12(9,10)13)6-4-2-1-3-5-6/h6H,1-5H2,(H2,9,10,13). The summed E-state index contributed by atoms with van der Waals surface area (Å²) in [5.74, 6) is -0.733. The Labute approximate surface area is 82.2 Å². The van der Waals surface area contributed by atoms with Crippen molar-refractivity contribution in [2.24, 2.45) is 5.92 Å². The first-order valence-corrected chi connectivity index (χ1v) is 6.90. The van der Waals surface area contributed by atoms with Gasteiger partial charge in [-0.3, -0.25) is 4.79 Å². The van der Waals surface area contributed by atoms with Crippen LogP contribution in [-0.2, 0) is 21.1 Å². The Bertz CT molecular complexity index is 231. The zero-order chi connectivity index (χ0) is 9.90. The Morgan fingerprint density at radius 2 is 1.85 bits per heavy atom. The van der Waals surface area contributed by atoms with Crippen molar-refractivity contribution in [1.29, 1.82) is 0 Å². The van der Waals surface area contributed by atoms with Crippen molar-refractivity contribution in [2.75, 3.05) is 0 Å². The number of carbonyl (C=O) groups excluding carboxylic acids is 1. The average Bonchev–Trinajstić information content (AvgIpc) is 2.03. The molecule has 1 fully saturated rings. The van der Waals surface area contributed by atoms with Gasteiger partial charge in [0.1, 0.15) is 0 Å². The maximum Gasteiger partial charge on any atom is 0.377 e. The second-order valence-corrected chi connectivity index (χ2v) is 5.83. The monoisotopic (exact) mass is 224 g/mol. The highest BCUT2D eigenvalue weighted by molar-refractivity contribution is 8.06. The Morgan fingerprint density at radius 3 is 2.31 bits per heavy atom. The van der Waals surface area contributed by atoms with Crippen molar-refractivity contribution in [3.63, 3.8) is 0 Å². The molecule has 0 aliphatic heterocycles. The molecule has 0 amide bonds. The van der Waals surface area contributed by atoms with Crippen LogP contribution in [0.1, 0.15) is 32.1 Å². The van der Waals surface area contributed by atoms with Gasteiger partial charge in [0.2, 0.25) is 0 Å². The van der Waals surface area contributed by atoms with Crippen molar-refractivity contribution in [3.8, 4) is 0 Å². The van der Waals surface area contributed by atoms with E-state index in [1.807, 2.05) is 0 Å². The summed E-state index contributed by atoms with van der Waals surface area (Å²) in [6.07, 6.45) is 4.68. The van der Waals surface area contributed by atoms with Crippen LogP contribution < -0.4 is 0 Å². The fraction of sp³-hybridized carbons (Fsp3) is 0.857. The molecule has 0 aromatic rings. The van der Waals surface area contributed by atoms with Gasteiger partial charge in [-0.2, -0.15) is 0 Å². The van der Waals surface area contributed by atoms with Crippen LogP contribution in [0.15, 0.2) is 0 Å². The first-order chi connectivity index (χ1) is 5.99. The molecule has 0 bridgehead atoms. The minimum atomic E-state index is -3.80. The molecule has 0 unspecified atom stereocenters.